The SMILES string of the molecule is NC(=S)c1ccc(Oc2ccc(Cl)cc2)cc1Br. The van der Waals surface area contributed by atoms with Gasteiger partial charge in [-0.05, 0) is 58.4 Å². The van der Waals surface area contributed by atoms with Crippen LogP contribution >= 0.6 is 39.7 Å². The van der Waals surface area contributed by atoms with E-state index in [1.807, 2.05) is 18.2 Å². The molecular weight excluding hydrogens is 334 g/mol. The molecule has 0 spiro atoms. The van der Waals surface area contributed by atoms with E-state index >= 15 is 0 Å². The van der Waals surface area contributed by atoms with Crippen LogP contribution in [-0.2, 0) is 0 Å². The first-order chi connectivity index (χ1) is 8.56. The molecule has 18 heavy (non-hydrogen) atoms. The zero-order valence-corrected chi connectivity index (χ0v) is 12.3. The van der Waals surface area contributed by atoms with Crippen LogP contribution in [0.5, 0.6) is 11.5 Å². The van der Waals surface area contributed by atoms with Crippen LogP contribution < -0.4 is 10.5 Å². The van der Waals surface area contributed by atoms with Crippen molar-refractivity contribution in [1.82, 2.24) is 0 Å². The first-order valence-corrected chi connectivity index (χ1v) is 6.67. The smallest absolute Gasteiger partial charge is 0.128 e. The number of halogens is 2. The number of rotatable bonds is 3. The van der Waals surface area contributed by atoms with Crippen molar-refractivity contribution in [1.29, 1.82) is 0 Å². The summed E-state index contributed by atoms with van der Waals surface area (Å²) in [5, 5.41) is 0.673. The summed E-state index contributed by atoms with van der Waals surface area (Å²) in [7, 11) is 0. The maximum atomic E-state index is 5.80. The molecule has 2 aromatic carbocycles. The molecule has 2 N–H and O–H groups in total. The molecule has 0 aliphatic rings. The van der Waals surface area contributed by atoms with Gasteiger partial charge in [0.2, 0.25) is 0 Å². The van der Waals surface area contributed by atoms with Gasteiger partial charge < -0.3 is 10.5 Å². The summed E-state index contributed by atoms with van der Waals surface area (Å²) in [5.74, 6) is 1.42. The number of hydrogen-bond donors (Lipinski definition) is 1. The van der Waals surface area contributed by atoms with Crippen LogP contribution in [0, 0.1) is 0 Å². The van der Waals surface area contributed by atoms with E-state index in [4.69, 9.17) is 34.3 Å². The largest absolute Gasteiger partial charge is 0.457 e. The molecular formula is C13H9BrClNOS. The molecule has 0 aromatic heterocycles. The van der Waals surface area contributed by atoms with Gasteiger partial charge in [0.1, 0.15) is 16.5 Å². The topological polar surface area (TPSA) is 35.2 Å². The van der Waals surface area contributed by atoms with Crippen LogP contribution in [0.4, 0.5) is 0 Å². The van der Waals surface area contributed by atoms with Gasteiger partial charge in [0.15, 0.2) is 0 Å². The molecule has 0 heterocycles. The van der Waals surface area contributed by atoms with Gasteiger partial charge in [-0.25, -0.2) is 0 Å². The van der Waals surface area contributed by atoms with Gasteiger partial charge in [-0.15, -0.1) is 0 Å². The summed E-state index contributed by atoms with van der Waals surface area (Å²) in [6.45, 7) is 0. The Kier molecular flexibility index (Phi) is 4.22. The molecule has 2 nitrogen and oxygen atoms in total. The molecule has 0 amide bonds. The monoisotopic (exact) mass is 341 g/mol. The Morgan fingerprint density at radius 1 is 1.11 bits per heavy atom. The second-order valence-electron chi connectivity index (χ2n) is 3.56. The van der Waals surface area contributed by atoms with Crippen molar-refractivity contribution in [3.8, 4) is 11.5 Å². The molecule has 0 radical (unpaired) electrons. The van der Waals surface area contributed by atoms with Crippen LogP contribution in [-0.4, -0.2) is 4.99 Å². The zero-order valence-electron chi connectivity index (χ0n) is 9.19. The summed E-state index contributed by atoms with van der Waals surface area (Å²) >= 11 is 14.1. The van der Waals surface area contributed by atoms with Crippen LogP contribution in [0.25, 0.3) is 0 Å². The number of thiocarbonyl (C=S) groups is 1. The summed E-state index contributed by atoms with van der Waals surface area (Å²) in [4.78, 5) is 0.347. The summed E-state index contributed by atoms with van der Waals surface area (Å²) in [6, 6.07) is 12.6. The summed E-state index contributed by atoms with van der Waals surface area (Å²) < 4.78 is 6.48. The molecule has 0 saturated heterocycles. The zero-order chi connectivity index (χ0) is 13.1. The van der Waals surface area contributed by atoms with E-state index in [1.165, 1.54) is 0 Å². The second kappa shape index (κ2) is 5.69. The molecule has 0 fully saturated rings. The Labute approximate surface area is 124 Å². The molecule has 0 atom stereocenters. The van der Waals surface area contributed by atoms with E-state index in [1.54, 1.807) is 24.3 Å². The van der Waals surface area contributed by atoms with E-state index in [2.05, 4.69) is 15.9 Å². The maximum Gasteiger partial charge on any atom is 0.128 e. The molecule has 0 aliphatic carbocycles. The standard InChI is InChI=1S/C13H9BrClNOS/c14-12-7-10(5-6-11(12)13(16)18)17-9-3-1-8(15)2-4-9/h1-7H,(H2,16,18). The van der Waals surface area contributed by atoms with Crippen molar-refractivity contribution in [3.05, 3.63) is 57.5 Å². The highest BCUT2D eigenvalue weighted by Gasteiger charge is 2.05. The van der Waals surface area contributed by atoms with Gasteiger partial charge >= 0.3 is 0 Å². The molecule has 5 heteroatoms. The fourth-order valence-electron chi connectivity index (χ4n) is 1.40. The lowest BCUT2D eigenvalue weighted by molar-refractivity contribution is 0.482. The number of nitrogens with two attached hydrogens (primary N) is 1. The number of ether oxygens (including phenoxy) is 1. The van der Waals surface area contributed by atoms with Crippen LogP contribution in [0.3, 0.4) is 0 Å². The Hall–Kier alpha value is -1.10. The fraction of sp³-hybridized carbons (Fsp3) is 0. The van der Waals surface area contributed by atoms with Crippen molar-refractivity contribution in [2.45, 2.75) is 0 Å². The summed E-state index contributed by atoms with van der Waals surface area (Å²) in [5.41, 5.74) is 6.37. The van der Waals surface area contributed by atoms with E-state index in [0.717, 1.165) is 15.8 Å². The Bertz CT molecular complexity index is 586. The highest BCUT2D eigenvalue weighted by Crippen LogP contribution is 2.27. The molecule has 0 unspecified atom stereocenters. The van der Waals surface area contributed by atoms with Crippen molar-refractivity contribution < 1.29 is 4.74 Å². The lowest BCUT2D eigenvalue weighted by atomic mass is 10.2. The minimum Gasteiger partial charge on any atom is -0.457 e. The normalized spacial score (nSPS) is 10.1. The predicted octanol–water partition coefficient (Wildman–Crippen LogP) is 4.53. The third-order valence-corrected chi connectivity index (χ3v) is 3.38. The van der Waals surface area contributed by atoms with Crippen molar-refractivity contribution in [3.63, 3.8) is 0 Å². The lowest BCUT2D eigenvalue weighted by Crippen LogP contribution is -2.09. The lowest BCUT2D eigenvalue weighted by Gasteiger charge is -2.08. The molecule has 0 saturated carbocycles. The van der Waals surface area contributed by atoms with Gasteiger partial charge in [-0.2, -0.15) is 0 Å². The van der Waals surface area contributed by atoms with Crippen molar-refractivity contribution in [2.24, 2.45) is 5.73 Å². The molecule has 92 valence electrons. The Balaban J connectivity index is 2.22. The van der Waals surface area contributed by atoms with Crippen LogP contribution in [0.15, 0.2) is 46.9 Å². The molecule has 2 rings (SSSR count). The van der Waals surface area contributed by atoms with E-state index in [-0.39, 0.29) is 0 Å². The summed E-state index contributed by atoms with van der Waals surface area (Å²) in [6.07, 6.45) is 0. The van der Waals surface area contributed by atoms with Gasteiger partial charge in [0.05, 0.1) is 0 Å². The Morgan fingerprint density at radius 3 is 2.28 bits per heavy atom. The number of benzene rings is 2. The van der Waals surface area contributed by atoms with Crippen molar-refractivity contribution in [2.75, 3.05) is 0 Å². The van der Waals surface area contributed by atoms with Gasteiger partial charge in [-0.3, -0.25) is 0 Å². The predicted molar refractivity (Wildman–Crippen MR) is 81.6 cm³/mol. The minimum absolute atomic E-state index is 0.347. The fourth-order valence-corrected chi connectivity index (χ4v) is 2.40. The molecule has 0 bridgehead atoms. The van der Waals surface area contributed by atoms with E-state index in [0.29, 0.717) is 15.8 Å². The maximum absolute atomic E-state index is 5.80. The number of hydrogen-bond acceptors (Lipinski definition) is 2. The average molecular weight is 343 g/mol. The third kappa shape index (κ3) is 3.22. The highest BCUT2D eigenvalue weighted by molar-refractivity contribution is 9.10. The van der Waals surface area contributed by atoms with Gasteiger partial charge in [0.25, 0.3) is 0 Å². The van der Waals surface area contributed by atoms with Crippen molar-refractivity contribution >= 4 is 44.7 Å². The molecule has 2 aromatic rings. The van der Waals surface area contributed by atoms with E-state index in [9.17, 15) is 0 Å². The van der Waals surface area contributed by atoms with Crippen LogP contribution in [0.1, 0.15) is 5.56 Å². The van der Waals surface area contributed by atoms with E-state index < -0.39 is 0 Å². The quantitative estimate of drug-likeness (QED) is 0.832. The second-order valence-corrected chi connectivity index (χ2v) is 5.29. The first-order valence-electron chi connectivity index (χ1n) is 5.09. The molecule has 0 aliphatic heterocycles. The third-order valence-electron chi connectivity index (χ3n) is 2.26. The van der Waals surface area contributed by atoms with Gasteiger partial charge in [0, 0.05) is 15.1 Å². The first kappa shape index (κ1) is 13.3. The highest BCUT2D eigenvalue weighted by atomic mass is 79.9. The Morgan fingerprint density at radius 2 is 1.72 bits per heavy atom. The van der Waals surface area contributed by atoms with Crippen LogP contribution in [0.2, 0.25) is 5.02 Å². The van der Waals surface area contributed by atoms with Gasteiger partial charge in [-0.1, -0.05) is 23.8 Å². The minimum atomic E-state index is 0.347. The average Bonchev–Trinajstić information content (AvgIpc) is 2.32.